The zero-order chi connectivity index (χ0) is 23.3. The number of hydrogen-bond donors (Lipinski definition) is 7. The Bertz CT molecular complexity index is 1080. The molecule has 0 bridgehead atoms. The molecule has 0 radical (unpaired) electrons. The number of carboxylic acid groups (broad SMARTS) is 2. The summed E-state index contributed by atoms with van der Waals surface area (Å²) in [6, 6.07) is 4.84. The van der Waals surface area contributed by atoms with Crippen LogP contribution in [0.1, 0.15) is 23.2 Å². The first kappa shape index (κ1) is 26.0. The Balaban J connectivity index is 0.00000385. The average molecular weight is 467 g/mol. The predicted octanol–water partition coefficient (Wildman–Crippen LogP) is -4.61. The van der Waals surface area contributed by atoms with Gasteiger partial charge in [0.1, 0.15) is 11.7 Å². The molecule has 2 aromatic rings. The van der Waals surface area contributed by atoms with Crippen LogP contribution in [0.3, 0.4) is 0 Å². The summed E-state index contributed by atoms with van der Waals surface area (Å²) in [5.41, 5.74) is 6.37. The van der Waals surface area contributed by atoms with E-state index >= 15 is 0 Å². The molecule has 1 aliphatic rings. The van der Waals surface area contributed by atoms with E-state index in [1.54, 1.807) is 12.1 Å². The number of benzene rings is 1. The van der Waals surface area contributed by atoms with Crippen molar-refractivity contribution < 1.29 is 54.2 Å². The van der Waals surface area contributed by atoms with Crippen molar-refractivity contribution in [3.8, 4) is 0 Å². The van der Waals surface area contributed by atoms with Gasteiger partial charge < -0.3 is 42.0 Å². The number of anilines is 4. The molecule has 1 aromatic heterocycles. The second-order valence-corrected chi connectivity index (χ2v) is 7.13. The number of carboxylic acids is 2. The second kappa shape index (κ2) is 11.5. The Morgan fingerprint density at radius 1 is 1.27 bits per heavy atom. The van der Waals surface area contributed by atoms with E-state index < -0.39 is 30.3 Å². The molecule has 8 N–H and O–H groups in total. The molecule has 33 heavy (non-hydrogen) atoms. The van der Waals surface area contributed by atoms with Crippen LogP contribution in [0.5, 0.6) is 0 Å². The fourth-order valence-electron chi connectivity index (χ4n) is 3.09. The number of nitrogens with zero attached hydrogens (tertiary/aromatic N) is 1. The van der Waals surface area contributed by atoms with Crippen molar-refractivity contribution in [2.75, 3.05) is 34.8 Å². The summed E-state index contributed by atoms with van der Waals surface area (Å²) in [6.07, 6.45) is -0.760. The molecule has 0 fully saturated rings. The van der Waals surface area contributed by atoms with Crippen molar-refractivity contribution in [1.29, 1.82) is 0 Å². The van der Waals surface area contributed by atoms with Gasteiger partial charge in [0, 0.05) is 30.3 Å². The van der Waals surface area contributed by atoms with Crippen LogP contribution in [0.4, 0.5) is 23.1 Å². The number of nitrogens with one attached hydrogen (secondary N) is 5. The molecule has 0 spiro atoms. The molecule has 170 valence electrons. The maximum atomic E-state index is 12.3. The summed E-state index contributed by atoms with van der Waals surface area (Å²) in [6.45, 7) is 0.949. The largest absolute Gasteiger partial charge is 1.00 e. The SMILES string of the molecule is Nc1nc2c(c(=O)[nH]1)N[C@H](CNc1ccc(C(=O)N[C@@H](CCC(=O)[O-])C(=O)O)cc1)CN2.[Na+]. The molecular formula is C19H22N7NaO6. The van der Waals surface area contributed by atoms with Gasteiger partial charge in [0.2, 0.25) is 5.95 Å². The van der Waals surface area contributed by atoms with Gasteiger partial charge in [-0.25, -0.2) is 4.79 Å². The van der Waals surface area contributed by atoms with Crippen LogP contribution >= 0.6 is 0 Å². The number of nitrogen functional groups attached to an aromatic ring is 1. The quantitative estimate of drug-likeness (QED) is 0.174. The maximum Gasteiger partial charge on any atom is 1.00 e. The number of aliphatic carboxylic acids is 2. The van der Waals surface area contributed by atoms with Crippen LogP contribution in [0, 0.1) is 0 Å². The number of aromatic amines is 1. The number of fused-ring (bicyclic) bond motifs is 1. The van der Waals surface area contributed by atoms with E-state index in [9.17, 15) is 24.3 Å². The van der Waals surface area contributed by atoms with Gasteiger partial charge >= 0.3 is 35.5 Å². The number of aromatic nitrogens is 2. The smallest absolute Gasteiger partial charge is 0.550 e. The van der Waals surface area contributed by atoms with E-state index in [1.165, 1.54) is 12.1 Å². The molecule has 1 aliphatic heterocycles. The number of carbonyl (C=O) groups is 3. The van der Waals surface area contributed by atoms with Crippen LogP contribution in [0.15, 0.2) is 29.1 Å². The minimum Gasteiger partial charge on any atom is -0.550 e. The summed E-state index contributed by atoms with van der Waals surface area (Å²) in [5.74, 6) is -2.95. The standard InChI is InChI=1S/C19H23N7O6.Na/c20-19-25-15-14(17(30)26-19)23-11(8-22-15)7-21-10-3-1-9(2-4-10)16(29)24-12(18(31)32)5-6-13(27)28;/h1-4,11-12,21,23H,5-8H2,(H,24,29)(H,27,28)(H,31,32)(H4,20,22,25,26,30);/q;+1/p-1/t11-,12+;/m1./s1. The number of amides is 1. The van der Waals surface area contributed by atoms with Crippen molar-refractivity contribution in [3.05, 3.63) is 40.2 Å². The number of hydrogen-bond acceptors (Lipinski definition) is 10. The summed E-state index contributed by atoms with van der Waals surface area (Å²) in [5, 5.41) is 31.3. The topological polar surface area (TPSA) is 214 Å². The summed E-state index contributed by atoms with van der Waals surface area (Å²) in [4.78, 5) is 52.4. The van der Waals surface area contributed by atoms with Gasteiger partial charge in [0.15, 0.2) is 5.82 Å². The molecule has 2 atom stereocenters. The van der Waals surface area contributed by atoms with E-state index in [-0.39, 0.29) is 59.1 Å². The number of carbonyl (C=O) groups excluding carboxylic acids is 2. The molecule has 14 heteroatoms. The van der Waals surface area contributed by atoms with E-state index in [2.05, 4.69) is 31.2 Å². The van der Waals surface area contributed by atoms with Crippen LogP contribution in [0.25, 0.3) is 0 Å². The van der Waals surface area contributed by atoms with E-state index in [0.717, 1.165) is 0 Å². The predicted molar refractivity (Wildman–Crippen MR) is 113 cm³/mol. The Hall–Kier alpha value is -3.29. The monoisotopic (exact) mass is 467 g/mol. The zero-order valence-electron chi connectivity index (χ0n) is 17.8. The van der Waals surface area contributed by atoms with Crippen molar-refractivity contribution in [3.63, 3.8) is 0 Å². The molecular weight excluding hydrogens is 445 g/mol. The summed E-state index contributed by atoms with van der Waals surface area (Å²) >= 11 is 0. The third kappa shape index (κ3) is 7.10. The Kier molecular flexibility index (Phi) is 9.08. The van der Waals surface area contributed by atoms with Crippen molar-refractivity contribution in [2.24, 2.45) is 0 Å². The number of nitrogens with two attached hydrogens (primary N) is 1. The van der Waals surface area contributed by atoms with Gasteiger partial charge in [-0.2, -0.15) is 4.98 Å². The van der Waals surface area contributed by atoms with Crippen molar-refractivity contribution in [2.45, 2.75) is 24.9 Å². The molecule has 1 amide bonds. The normalized spacial score (nSPS) is 15.0. The first-order chi connectivity index (χ1) is 15.2. The minimum atomic E-state index is -1.39. The average Bonchev–Trinajstić information content (AvgIpc) is 2.75. The number of rotatable bonds is 9. The Labute approximate surface area is 209 Å². The first-order valence-electron chi connectivity index (χ1n) is 9.70. The van der Waals surface area contributed by atoms with Crippen molar-refractivity contribution in [1.82, 2.24) is 15.3 Å². The summed E-state index contributed by atoms with van der Waals surface area (Å²) in [7, 11) is 0. The fourth-order valence-corrected chi connectivity index (χ4v) is 3.09. The van der Waals surface area contributed by atoms with Crippen molar-refractivity contribution >= 4 is 41.0 Å². The van der Waals surface area contributed by atoms with E-state index in [4.69, 9.17) is 10.8 Å². The van der Waals surface area contributed by atoms with Gasteiger partial charge in [-0.3, -0.25) is 14.6 Å². The van der Waals surface area contributed by atoms with Gasteiger partial charge in [0.25, 0.3) is 11.5 Å². The molecule has 13 nitrogen and oxygen atoms in total. The maximum absolute atomic E-state index is 12.3. The number of H-pyrrole nitrogens is 1. The molecule has 0 saturated heterocycles. The van der Waals surface area contributed by atoms with E-state index in [1.807, 2.05) is 0 Å². The van der Waals surface area contributed by atoms with Gasteiger partial charge in [0.05, 0.1) is 6.04 Å². The molecule has 1 aromatic carbocycles. The summed E-state index contributed by atoms with van der Waals surface area (Å²) < 4.78 is 0. The molecule has 2 heterocycles. The zero-order valence-corrected chi connectivity index (χ0v) is 19.8. The fraction of sp³-hybridized carbons (Fsp3) is 0.316. The first-order valence-corrected chi connectivity index (χ1v) is 9.70. The van der Waals surface area contributed by atoms with Gasteiger partial charge in [-0.15, -0.1) is 0 Å². The Morgan fingerprint density at radius 2 is 1.97 bits per heavy atom. The molecule has 0 unspecified atom stereocenters. The van der Waals surface area contributed by atoms with E-state index in [0.29, 0.717) is 30.3 Å². The second-order valence-electron chi connectivity index (χ2n) is 7.13. The Morgan fingerprint density at radius 3 is 2.61 bits per heavy atom. The van der Waals surface area contributed by atoms with Gasteiger partial charge in [-0.05, 0) is 37.1 Å². The van der Waals surface area contributed by atoms with Crippen LogP contribution in [-0.4, -0.2) is 58.1 Å². The molecule has 3 rings (SSSR count). The molecule has 0 aliphatic carbocycles. The van der Waals surface area contributed by atoms with Crippen LogP contribution in [-0.2, 0) is 9.59 Å². The third-order valence-electron chi connectivity index (χ3n) is 4.74. The third-order valence-corrected chi connectivity index (χ3v) is 4.74. The van der Waals surface area contributed by atoms with Crippen LogP contribution in [0.2, 0.25) is 0 Å². The van der Waals surface area contributed by atoms with Crippen LogP contribution < -0.4 is 67.2 Å². The van der Waals surface area contributed by atoms with Gasteiger partial charge in [-0.1, -0.05) is 0 Å². The minimum absolute atomic E-state index is 0. The molecule has 0 saturated carbocycles.